The van der Waals surface area contributed by atoms with E-state index in [1.165, 1.54) is 34.9 Å². The SMILES string of the molecule is O=C(c1cc(C(F)(F)F)cc(C(F)(F)F)c1)N1CCC2(CC1)SCCN2C(=O)c1cccc(F)c1. The lowest BCUT2D eigenvalue weighted by Gasteiger charge is -2.44. The minimum Gasteiger partial charge on any atom is -0.338 e. The van der Waals surface area contributed by atoms with E-state index in [4.69, 9.17) is 0 Å². The van der Waals surface area contributed by atoms with Gasteiger partial charge in [0.2, 0.25) is 0 Å². The number of benzene rings is 2. The van der Waals surface area contributed by atoms with Crippen LogP contribution >= 0.6 is 11.8 Å². The van der Waals surface area contributed by atoms with E-state index in [1.54, 1.807) is 4.90 Å². The van der Waals surface area contributed by atoms with Gasteiger partial charge < -0.3 is 9.80 Å². The molecule has 4 rings (SSSR count). The molecule has 35 heavy (non-hydrogen) atoms. The van der Waals surface area contributed by atoms with E-state index in [2.05, 4.69) is 0 Å². The van der Waals surface area contributed by atoms with Crippen molar-refractivity contribution in [3.8, 4) is 0 Å². The maximum atomic E-state index is 13.6. The van der Waals surface area contributed by atoms with Gasteiger partial charge in [-0.15, -0.1) is 11.8 Å². The van der Waals surface area contributed by atoms with Crippen LogP contribution in [0.4, 0.5) is 30.7 Å². The monoisotopic (exact) mass is 520 g/mol. The van der Waals surface area contributed by atoms with Crippen LogP contribution in [0.2, 0.25) is 0 Å². The third-order valence-electron chi connectivity index (χ3n) is 6.16. The number of piperidine rings is 1. The number of alkyl halides is 6. The minimum atomic E-state index is -5.06. The molecule has 0 N–H and O–H groups in total. The summed E-state index contributed by atoms with van der Waals surface area (Å²) >= 11 is 1.50. The first-order chi connectivity index (χ1) is 16.3. The summed E-state index contributed by atoms with van der Waals surface area (Å²) in [6.45, 7) is 0.475. The summed E-state index contributed by atoms with van der Waals surface area (Å²) in [7, 11) is 0. The van der Waals surface area contributed by atoms with Crippen LogP contribution in [-0.2, 0) is 12.4 Å². The van der Waals surface area contributed by atoms with E-state index in [1.807, 2.05) is 0 Å². The largest absolute Gasteiger partial charge is 0.416 e. The van der Waals surface area contributed by atoms with E-state index < -0.39 is 45.6 Å². The number of halogens is 7. The number of carbonyl (C=O) groups excluding carboxylic acids is 2. The number of hydrogen-bond acceptors (Lipinski definition) is 3. The Balaban J connectivity index is 1.53. The molecule has 12 heteroatoms. The summed E-state index contributed by atoms with van der Waals surface area (Å²) in [6.07, 6.45) is -9.56. The minimum absolute atomic E-state index is 0.0208. The number of nitrogens with zero attached hydrogens (tertiary/aromatic N) is 2. The summed E-state index contributed by atoms with van der Waals surface area (Å²) < 4.78 is 92.6. The van der Waals surface area contributed by atoms with Crippen molar-refractivity contribution in [3.05, 3.63) is 70.5 Å². The highest BCUT2D eigenvalue weighted by atomic mass is 32.2. The Bertz CT molecular complexity index is 1110. The van der Waals surface area contributed by atoms with Gasteiger partial charge in [0.25, 0.3) is 11.8 Å². The zero-order valence-corrected chi connectivity index (χ0v) is 18.9. The molecule has 2 aromatic rings. The van der Waals surface area contributed by atoms with Crippen molar-refractivity contribution < 1.29 is 40.3 Å². The van der Waals surface area contributed by atoms with Crippen molar-refractivity contribution in [2.24, 2.45) is 0 Å². The number of hydrogen-bond donors (Lipinski definition) is 0. The average Bonchev–Trinajstić information content (AvgIpc) is 3.20. The Labute approximate surface area is 200 Å². The first-order valence-electron chi connectivity index (χ1n) is 10.6. The number of carbonyl (C=O) groups is 2. The van der Waals surface area contributed by atoms with Gasteiger partial charge in [0.15, 0.2) is 0 Å². The molecule has 2 aliphatic rings. The van der Waals surface area contributed by atoms with E-state index in [0.29, 0.717) is 24.4 Å². The summed E-state index contributed by atoms with van der Waals surface area (Å²) in [5.74, 6) is -1.27. The van der Waals surface area contributed by atoms with Gasteiger partial charge in [0.05, 0.1) is 16.0 Å². The Hall–Kier alpha value is -2.76. The Kier molecular flexibility index (Phi) is 6.54. The molecule has 0 atom stereocenters. The molecular weight excluding hydrogens is 501 g/mol. The average molecular weight is 520 g/mol. The van der Waals surface area contributed by atoms with Crippen LogP contribution in [0.25, 0.3) is 0 Å². The van der Waals surface area contributed by atoms with Crippen LogP contribution in [0.3, 0.4) is 0 Å². The van der Waals surface area contributed by atoms with Gasteiger partial charge in [0, 0.05) is 36.5 Å². The molecule has 2 amide bonds. The molecule has 0 aromatic heterocycles. The van der Waals surface area contributed by atoms with Gasteiger partial charge in [-0.1, -0.05) is 6.07 Å². The standard InChI is InChI=1S/C23H19F7N2O2S/c24-18-3-1-2-14(12-18)20(34)32-8-9-35-21(32)4-6-31(7-5-21)19(33)15-10-16(22(25,26)27)13-17(11-15)23(28,29)30/h1-3,10-13H,4-9H2. The fraction of sp³-hybridized carbons (Fsp3) is 0.391. The molecule has 2 aliphatic heterocycles. The predicted octanol–water partition coefficient (Wildman–Crippen LogP) is 5.68. The number of amides is 2. The summed E-state index contributed by atoms with van der Waals surface area (Å²) in [4.78, 5) is 28.0. The molecule has 0 bridgehead atoms. The fourth-order valence-electron chi connectivity index (χ4n) is 4.41. The van der Waals surface area contributed by atoms with Crippen molar-refractivity contribution in [2.75, 3.05) is 25.4 Å². The molecule has 2 aromatic carbocycles. The summed E-state index contributed by atoms with van der Waals surface area (Å²) in [5.41, 5.74) is -3.63. The first-order valence-corrected chi connectivity index (χ1v) is 11.6. The van der Waals surface area contributed by atoms with Crippen molar-refractivity contribution in [2.45, 2.75) is 30.1 Å². The zero-order valence-electron chi connectivity index (χ0n) is 18.0. The second-order valence-electron chi connectivity index (χ2n) is 8.35. The van der Waals surface area contributed by atoms with E-state index in [-0.39, 0.29) is 43.5 Å². The Morgan fingerprint density at radius 1 is 0.800 bits per heavy atom. The maximum absolute atomic E-state index is 13.6. The van der Waals surface area contributed by atoms with Crippen LogP contribution in [0.5, 0.6) is 0 Å². The highest BCUT2D eigenvalue weighted by molar-refractivity contribution is 8.00. The predicted molar refractivity (Wildman–Crippen MR) is 114 cm³/mol. The molecule has 2 saturated heterocycles. The Morgan fingerprint density at radius 3 is 1.94 bits per heavy atom. The third-order valence-corrected chi connectivity index (χ3v) is 7.71. The molecule has 188 valence electrons. The van der Waals surface area contributed by atoms with Gasteiger partial charge in [-0.2, -0.15) is 26.3 Å². The second-order valence-corrected chi connectivity index (χ2v) is 9.81. The lowest BCUT2D eigenvalue weighted by Crippen LogP contribution is -2.53. The number of rotatable bonds is 2. The van der Waals surface area contributed by atoms with Crippen LogP contribution < -0.4 is 0 Å². The topological polar surface area (TPSA) is 40.6 Å². The highest BCUT2D eigenvalue weighted by Crippen LogP contribution is 2.45. The van der Waals surface area contributed by atoms with Gasteiger partial charge in [-0.3, -0.25) is 9.59 Å². The quantitative estimate of drug-likeness (QED) is 0.479. The van der Waals surface area contributed by atoms with E-state index in [9.17, 15) is 40.3 Å². The number of likely N-dealkylation sites (tertiary alicyclic amines) is 1. The lowest BCUT2D eigenvalue weighted by molar-refractivity contribution is -0.143. The van der Waals surface area contributed by atoms with Crippen molar-refractivity contribution in [3.63, 3.8) is 0 Å². The molecule has 0 saturated carbocycles. The maximum Gasteiger partial charge on any atom is 0.416 e. The van der Waals surface area contributed by atoms with E-state index >= 15 is 0 Å². The van der Waals surface area contributed by atoms with Crippen LogP contribution in [0.1, 0.15) is 44.7 Å². The zero-order chi connectivity index (χ0) is 25.6. The highest BCUT2D eigenvalue weighted by Gasteiger charge is 2.47. The van der Waals surface area contributed by atoms with Gasteiger partial charge in [-0.25, -0.2) is 4.39 Å². The summed E-state index contributed by atoms with van der Waals surface area (Å²) in [6, 6.07) is 6.08. The first kappa shape index (κ1) is 25.3. The fourth-order valence-corrected chi connectivity index (χ4v) is 5.86. The normalized spacial score (nSPS) is 18.3. The molecule has 0 aliphatic carbocycles. The van der Waals surface area contributed by atoms with Gasteiger partial charge >= 0.3 is 12.4 Å². The molecule has 2 fully saturated rings. The third kappa shape index (κ3) is 5.12. The van der Waals surface area contributed by atoms with Gasteiger partial charge in [0.1, 0.15) is 5.82 Å². The molecular formula is C23H19F7N2O2S. The van der Waals surface area contributed by atoms with E-state index in [0.717, 1.165) is 6.07 Å². The number of thioether (sulfide) groups is 1. The van der Waals surface area contributed by atoms with Gasteiger partial charge in [-0.05, 0) is 49.2 Å². The molecule has 2 heterocycles. The van der Waals surface area contributed by atoms with Crippen molar-refractivity contribution in [1.82, 2.24) is 9.80 Å². The molecule has 0 radical (unpaired) electrons. The van der Waals surface area contributed by atoms with Crippen LogP contribution in [-0.4, -0.2) is 51.9 Å². The lowest BCUT2D eigenvalue weighted by atomic mass is 9.99. The molecule has 4 nitrogen and oxygen atoms in total. The summed E-state index contributed by atoms with van der Waals surface area (Å²) in [5, 5.41) is 0. The molecule has 1 spiro atoms. The van der Waals surface area contributed by atoms with Crippen molar-refractivity contribution in [1.29, 1.82) is 0 Å². The Morgan fingerprint density at radius 2 is 1.40 bits per heavy atom. The molecule has 0 unspecified atom stereocenters. The van der Waals surface area contributed by atoms with Crippen molar-refractivity contribution >= 4 is 23.6 Å². The smallest absolute Gasteiger partial charge is 0.338 e. The second kappa shape index (κ2) is 9.03. The van der Waals surface area contributed by atoms with Crippen LogP contribution in [0, 0.1) is 5.82 Å². The van der Waals surface area contributed by atoms with Crippen LogP contribution in [0.15, 0.2) is 42.5 Å².